The first-order chi connectivity index (χ1) is 9.15. The standard InChI is InChI=1S/C15H25NO3/c17-14-4-2-1-3-13(14)16-11-5-6-12(16)8-10(7-11)9-15(18)19/h10-14,17H,1-9H2,(H,18,19). The first-order valence-corrected chi connectivity index (χ1v) is 7.82. The van der Waals surface area contributed by atoms with E-state index in [1.165, 1.54) is 19.3 Å². The van der Waals surface area contributed by atoms with E-state index in [2.05, 4.69) is 4.90 Å². The minimum Gasteiger partial charge on any atom is -0.481 e. The molecule has 2 saturated heterocycles. The average Bonchev–Trinajstić information content (AvgIpc) is 2.62. The molecule has 2 N–H and O–H groups in total. The summed E-state index contributed by atoms with van der Waals surface area (Å²) in [6, 6.07) is 1.40. The second-order valence-corrected chi connectivity index (χ2v) is 6.69. The Kier molecular flexibility index (Phi) is 3.81. The van der Waals surface area contributed by atoms with Crippen molar-refractivity contribution in [2.24, 2.45) is 5.92 Å². The van der Waals surface area contributed by atoms with Crippen molar-refractivity contribution in [2.75, 3.05) is 0 Å². The fourth-order valence-corrected chi connectivity index (χ4v) is 4.72. The molecule has 0 amide bonds. The zero-order valence-corrected chi connectivity index (χ0v) is 11.5. The minimum absolute atomic E-state index is 0.159. The van der Waals surface area contributed by atoms with Gasteiger partial charge in [0.1, 0.15) is 0 Å². The van der Waals surface area contributed by atoms with Crippen molar-refractivity contribution in [3.05, 3.63) is 0 Å². The van der Waals surface area contributed by atoms with Crippen LogP contribution in [0.2, 0.25) is 0 Å². The molecule has 4 nitrogen and oxygen atoms in total. The molecule has 0 aromatic carbocycles. The highest BCUT2D eigenvalue weighted by Crippen LogP contribution is 2.43. The molecule has 2 aliphatic heterocycles. The van der Waals surface area contributed by atoms with Crippen molar-refractivity contribution in [1.82, 2.24) is 4.90 Å². The number of aliphatic carboxylic acids is 1. The lowest BCUT2D eigenvalue weighted by molar-refractivity contribution is -0.139. The second-order valence-electron chi connectivity index (χ2n) is 6.69. The number of carboxylic acids is 1. The Bertz CT molecular complexity index is 332. The van der Waals surface area contributed by atoms with Gasteiger partial charge >= 0.3 is 5.97 Å². The normalized spacial score (nSPS) is 43.3. The van der Waals surface area contributed by atoms with Crippen LogP contribution in [0.1, 0.15) is 57.8 Å². The summed E-state index contributed by atoms with van der Waals surface area (Å²) in [5, 5.41) is 19.2. The number of aliphatic hydroxyl groups is 1. The Balaban J connectivity index is 1.67. The number of rotatable bonds is 3. The third kappa shape index (κ3) is 2.65. The molecule has 4 atom stereocenters. The van der Waals surface area contributed by atoms with E-state index in [0.29, 0.717) is 30.5 Å². The van der Waals surface area contributed by atoms with Crippen LogP contribution >= 0.6 is 0 Å². The van der Waals surface area contributed by atoms with Crippen LogP contribution in [0, 0.1) is 5.92 Å². The molecule has 1 saturated carbocycles. The summed E-state index contributed by atoms with van der Waals surface area (Å²) >= 11 is 0. The molecule has 1 aliphatic carbocycles. The molecule has 2 heterocycles. The fraction of sp³-hybridized carbons (Fsp3) is 0.933. The molecule has 0 spiro atoms. The van der Waals surface area contributed by atoms with Crippen LogP contribution in [0.5, 0.6) is 0 Å². The highest BCUT2D eigenvalue weighted by atomic mass is 16.4. The van der Waals surface area contributed by atoms with Crippen LogP contribution in [0.25, 0.3) is 0 Å². The predicted molar refractivity (Wildman–Crippen MR) is 71.9 cm³/mol. The number of hydrogen-bond donors (Lipinski definition) is 2. The van der Waals surface area contributed by atoms with Crippen LogP contribution in [0.15, 0.2) is 0 Å². The molecule has 4 unspecified atom stereocenters. The molecular weight excluding hydrogens is 242 g/mol. The van der Waals surface area contributed by atoms with Gasteiger partial charge in [0.25, 0.3) is 0 Å². The first-order valence-electron chi connectivity index (χ1n) is 7.82. The summed E-state index contributed by atoms with van der Waals surface area (Å²) in [6.07, 6.45) is 9.06. The van der Waals surface area contributed by atoms with Gasteiger partial charge in [-0.05, 0) is 44.4 Å². The third-order valence-corrected chi connectivity index (χ3v) is 5.43. The lowest BCUT2D eigenvalue weighted by atomic mass is 9.83. The summed E-state index contributed by atoms with van der Waals surface area (Å²) < 4.78 is 0. The van der Waals surface area contributed by atoms with E-state index in [4.69, 9.17) is 5.11 Å². The zero-order chi connectivity index (χ0) is 13.4. The Morgan fingerprint density at radius 2 is 1.68 bits per heavy atom. The van der Waals surface area contributed by atoms with E-state index >= 15 is 0 Å². The molecule has 0 aromatic heterocycles. The van der Waals surface area contributed by atoms with Crippen molar-refractivity contribution in [1.29, 1.82) is 0 Å². The lowest BCUT2D eigenvalue weighted by Crippen LogP contribution is -2.54. The molecule has 3 fully saturated rings. The van der Waals surface area contributed by atoms with Crippen LogP contribution in [0.3, 0.4) is 0 Å². The van der Waals surface area contributed by atoms with Crippen molar-refractivity contribution < 1.29 is 15.0 Å². The molecule has 3 aliphatic rings. The highest BCUT2D eigenvalue weighted by Gasteiger charge is 2.46. The van der Waals surface area contributed by atoms with Gasteiger partial charge in [-0.3, -0.25) is 9.69 Å². The minimum atomic E-state index is -0.657. The molecule has 0 radical (unpaired) electrons. The Morgan fingerprint density at radius 3 is 2.26 bits per heavy atom. The van der Waals surface area contributed by atoms with E-state index in [1.54, 1.807) is 0 Å². The van der Waals surface area contributed by atoms with Crippen molar-refractivity contribution >= 4 is 5.97 Å². The summed E-state index contributed by atoms with van der Waals surface area (Å²) in [5.41, 5.74) is 0. The van der Waals surface area contributed by atoms with Gasteiger partial charge in [0, 0.05) is 24.5 Å². The summed E-state index contributed by atoms with van der Waals surface area (Å²) in [5.74, 6) is -0.303. The van der Waals surface area contributed by atoms with E-state index in [9.17, 15) is 9.90 Å². The zero-order valence-electron chi connectivity index (χ0n) is 11.5. The van der Waals surface area contributed by atoms with Gasteiger partial charge < -0.3 is 10.2 Å². The molecule has 108 valence electrons. The van der Waals surface area contributed by atoms with Gasteiger partial charge in [-0.15, -0.1) is 0 Å². The number of fused-ring (bicyclic) bond motifs is 2. The molecule has 19 heavy (non-hydrogen) atoms. The fourth-order valence-electron chi connectivity index (χ4n) is 4.72. The lowest BCUT2D eigenvalue weighted by Gasteiger charge is -2.46. The van der Waals surface area contributed by atoms with Crippen molar-refractivity contribution in [3.8, 4) is 0 Å². The summed E-state index contributed by atoms with van der Waals surface area (Å²) in [4.78, 5) is 13.5. The maximum atomic E-state index is 10.9. The summed E-state index contributed by atoms with van der Waals surface area (Å²) in [6.45, 7) is 0. The molecule has 4 heteroatoms. The number of carboxylic acid groups (broad SMARTS) is 1. The van der Waals surface area contributed by atoms with E-state index in [1.807, 2.05) is 0 Å². The van der Waals surface area contributed by atoms with Gasteiger partial charge in [0.2, 0.25) is 0 Å². The summed E-state index contributed by atoms with van der Waals surface area (Å²) in [7, 11) is 0. The Labute approximate surface area is 114 Å². The van der Waals surface area contributed by atoms with Gasteiger partial charge in [0.05, 0.1) is 6.10 Å². The van der Waals surface area contributed by atoms with Crippen LogP contribution in [0.4, 0.5) is 0 Å². The number of carbonyl (C=O) groups is 1. The largest absolute Gasteiger partial charge is 0.481 e. The molecule has 3 rings (SSSR count). The van der Waals surface area contributed by atoms with Gasteiger partial charge in [-0.2, -0.15) is 0 Å². The molecule has 0 aromatic rings. The van der Waals surface area contributed by atoms with Crippen LogP contribution in [-0.4, -0.2) is 45.3 Å². The number of piperidine rings is 1. The van der Waals surface area contributed by atoms with Crippen LogP contribution < -0.4 is 0 Å². The van der Waals surface area contributed by atoms with Gasteiger partial charge in [-0.25, -0.2) is 0 Å². The number of hydrogen-bond acceptors (Lipinski definition) is 3. The quantitative estimate of drug-likeness (QED) is 0.821. The van der Waals surface area contributed by atoms with E-state index in [0.717, 1.165) is 32.1 Å². The molecular formula is C15H25NO3. The second kappa shape index (κ2) is 5.41. The van der Waals surface area contributed by atoms with Crippen molar-refractivity contribution in [3.63, 3.8) is 0 Å². The Morgan fingerprint density at radius 1 is 1.05 bits per heavy atom. The van der Waals surface area contributed by atoms with E-state index < -0.39 is 5.97 Å². The average molecular weight is 267 g/mol. The number of aliphatic hydroxyl groups excluding tert-OH is 1. The Hall–Kier alpha value is -0.610. The predicted octanol–water partition coefficient (Wildman–Crippen LogP) is 2.01. The van der Waals surface area contributed by atoms with E-state index in [-0.39, 0.29) is 6.10 Å². The first kappa shape index (κ1) is 13.4. The van der Waals surface area contributed by atoms with Gasteiger partial charge in [-0.1, -0.05) is 12.8 Å². The van der Waals surface area contributed by atoms with Gasteiger partial charge in [0.15, 0.2) is 0 Å². The smallest absolute Gasteiger partial charge is 0.303 e. The topological polar surface area (TPSA) is 60.8 Å². The van der Waals surface area contributed by atoms with Crippen molar-refractivity contribution in [2.45, 2.75) is 82.0 Å². The maximum absolute atomic E-state index is 10.9. The van der Waals surface area contributed by atoms with Crippen LogP contribution in [-0.2, 0) is 4.79 Å². The molecule has 2 bridgehead atoms. The monoisotopic (exact) mass is 267 g/mol. The highest BCUT2D eigenvalue weighted by molar-refractivity contribution is 5.67. The number of nitrogens with zero attached hydrogens (tertiary/aromatic N) is 1. The third-order valence-electron chi connectivity index (χ3n) is 5.43. The maximum Gasteiger partial charge on any atom is 0.303 e. The SMILES string of the molecule is O=C(O)CC1CC2CCC(C1)N2C1CCCCC1O.